The normalized spacial score (nSPS) is 27.8. The van der Waals surface area contributed by atoms with Crippen LogP contribution in [0.15, 0.2) is 9.03 Å². The molecule has 0 bridgehead atoms. The molecule has 49 heavy (non-hydrogen) atoms. The van der Waals surface area contributed by atoms with Gasteiger partial charge in [0.25, 0.3) is 0 Å². The Morgan fingerprint density at radius 2 is 0.755 bits per heavy atom. The van der Waals surface area contributed by atoms with Gasteiger partial charge in [0.15, 0.2) is 0 Å². The molecule has 7 fully saturated rings. The summed E-state index contributed by atoms with van der Waals surface area (Å²) in [6.45, 7) is 23.0. The Morgan fingerprint density at radius 1 is 0.510 bits per heavy atom. The Morgan fingerprint density at radius 3 is 0.980 bits per heavy atom. The molecule has 0 aromatic heterocycles. The zero-order chi connectivity index (χ0) is 34.2. The van der Waals surface area contributed by atoms with Crippen LogP contribution >= 0.6 is 22.4 Å². The summed E-state index contributed by atoms with van der Waals surface area (Å²) in [5.41, 5.74) is -0.393. The molecule has 15 heteroatoms. The molecule has 0 spiro atoms. The third-order valence-corrected chi connectivity index (χ3v) is 26.3. The third kappa shape index (κ3) is 7.07. The van der Waals surface area contributed by atoms with Gasteiger partial charge in [-0.3, -0.25) is 0 Å². The van der Waals surface area contributed by atoms with Crippen LogP contribution in [-0.2, 0) is 9.32 Å². The van der Waals surface area contributed by atoms with E-state index in [-0.39, 0.29) is 5.97 Å². The van der Waals surface area contributed by atoms with Gasteiger partial charge in [-0.15, -0.1) is 0 Å². The zero-order valence-electron chi connectivity index (χ0n) is 31.5. The van der Waals surface area contributed by atoms with E-state index in [0.29, 0.717) is 0 Å². The van der Waals surface area contributed by atoms with Crippen LogP contribution in [0.4, 0.5) is 0 Å². The second-order valence-electron chi connectivity index (χ2n) is 16.7. The van der Waals surface area contributed by atoms with Crippen LogP contribution in [0.3, 0.4) is 0 Å². The second kappa shape index (κ2) is 15.1. The molecule has 7 rings (SSSR count). The van der Waals surface area contributed by atoms with Crippen molar-refractivity contribution in [3.05, 3.63) is 0 Å². The van der Waals surface area contributed by atoms with E-state index in [1.54, 1.807) is 6.92 Å². The Balaban J connectivity index is 1.66. The van der Waals surface area contributed by atoms with Gasteiger partial charge in [-0.25, -0.2) is 0 Å². The predicted molar refractivity (Wildman–Crippen MR) is 206 cm³/mol. The molecule has 7 aliphatic rings. The fourth-order valence-electron chi connectivity index (χ4n) is 9.91. The van der Waals surface area contributed by atoms with Crippen molar-refractivity contribution in [2.24, 2.45) is 9.03 Å². The molecule has 0 aliphatic carbocycles. The van der Waals surface area contributed by atoms with E-state index in [0.717, 1.165) is 104 Å². The molecule has 0 radical (unpaired) electrons. The summed E-state index contributed by atoms with van der Waals surface area (Å²) in [6, 6.07) is 0. The van der Waals surface area contributed by atoms with Crippen molar-refractivity contribution in [3.63, 3.8) is 0 Å². The Kier molecular flexibility index (Phi) is 11.5. The van der Waals surface area contributed by atoms with Crippen molar-refractivity contribution in [2.75, 3.05) is 91.6 Å². The van der Waals surface area contributed by atoms with Crippen LogP contribution in [0.1, 0.15) is 118 Å². The summed E-state index contributed by atoms with van der Waals surface area (Å²) in [4.78, 5) is 14.2. The number of nitrogens with zero attached hydrogens (tertiary/aromatic N) is 9. The van der Waals surface area contributed by atoms with Crippen LogP contribution in [-0.4, -0.2) is 136 Å². The SMILES string of the molecule is CC(=O)OP(N=P(N1CCCC1)(N1CCCC1)N1CCCC1)(N=P(N1CCCC1)(N1CCCC1)N1CCCC1)(NC(C)(C)C)N1CCCC1. The summed E-state index contributed by atoms with van der Waals surface area (Å²) < 4.78 is 40.2. The third-order valence-electron chi connectivity index (χ3n) is 11.8. The molecule has 0 aromatic carbocycles. The van der Waals surface area contributed by atoms with E-state index in [2.05, 4.69) is 58.6 Å². The van der Waals surface area contributed by atoms with Gasteiger partial charge in [0.1, 0.15) is 0 Å². The van der Waals surface area contributed by atoms with Gasteiger partial charge in [-0.05, 0) is 0 Å². The minimum absolute atomic E-state index is 0.237. The number of hydrogen-bond donors (Lipinski definition) is 1. The maximum absolute atomic E-state index is 14.2. The van der Waals surface area contributed by atoms with Crippen molar-refractivity contribution < 1.29 is 9.32 Å². The van der Waals surface area contributed by atoms with E-state index in [1.807, 2.05) is 0 Å². The average molecular weight is 743 g/mol. The number of hydrogen-bond acceptors (Lipinski definition) is 6. The minimum atomic E-state index is -4.50. The topological polar surface area (TPSA) is 85.7 Å². The summed E-state index contributed by atoms with van der Waals surface area (Å²) in [5.74, 6) is -0.237. The molecule has 1 N–H and O–H groups in total. The summed E-state index contributed by atoms with van der Waals surface area (Å²) in [5, 5.41) is 4.28. The fraction of sp³-hybridized carbons (Fsp3) is 0.971. The van der Waals surface area contributed by atoms with E-state index in [4.69, 9.17) is 13.6 Å². The molecule has 7 saturated heterocycles. The Hall–Kier alpha value is 0.0400. The van der Waals surface area contributed by atoms with Crippen molar-refractivity contribution in [3.8, 4) is 0 Å². The summed E-state index contributed by atoms with van der Waals surface area (Å²) >= 11 is 0. The van der Waals surface area contributed by atoms with Gasteiger partial charge >= 0.3 is 299 Å². The van der Waals surface area contributed by atoms with Crippen molar-refractivity contribution >= 4 is 28.4 Å². The first kappa shape index (κ1) is 37.4. The van der Waals surface area contributed by atoms with Crippen molar-refractivity contribution in [1.82, 2.24) is 37.8 Å². The van der Waals surface area contributed by atoms with Gasteiger partial charge in [0.2, 0.25) is 0 Å². The molecule has 0 aromatic rings. The Bertz CT molecular complexity index is 1100. The van der Waals surface area contributed by atoms with Crippen LogP contribution in [0.25, 0.3) is 0 Å². The van der Waals surface area contributed by atoms with Crippen LogP contribution < -0.4 is 5.09 Å². The molecule has 0 unspecified atom stereocenters. The molecule has 7 heterocycles. The molecule has 0 amide bonds. The quantitative estimate of drug-likeness (QED) is 0.214. The molecule has 0 atom stereocenters. The van der Waals surface area contributed by atoms with E-state index < -0.39 is 28.0 Å². The fourth-order valence-corrected chi connectivity index (χ4v) is 28.1. The van der Waals surface area contributed by atoms with E-state index in [1.165, 1.54) is 77.0 Å². The Labute approximate surface area is 298 Å². The molecular weight excluding hydrogens is 673 g/mol. The summed E-state index contributed by atoms with van der Waals surface area (Å²) in [6.07, 6.45) is 16.7. The molecule has 7 aliphatic heterocycles. The van der Waals surface area contributed by atoms with Crippen molar-refractivity contribution in [2.45, 2.75) is 123 Å². The molecular formula is C34H69N10O2P3. The summed E-state index contributed by atoms with van der Waals surface area (Å²) in [7, 11) is -9.57. The van der Waals surface area contributed by atoms with E-state index >= 15 is 0 Å². The van der Waals surface area contributed by atoms with Gasteiger partial charge in [0, 0.05) is 0 Å². The number of nitrogens with one attached hydrogen (secondary N) is 1. The molecule has 0 saturated carbocycles. The zero-order valence-corrected chi connectivity index (χ0v) is 34.2. The second-order valence-corrected chi connectivity index (χ2v) is 26.5. The van der Waals surface area contributed by atoms with Crippen LogP contribution in [0, 0.1) is 0 Å². The molecule has 282 valence electrons. The number of carbonyl (C=O) groups excluding carboxylic acids is 1. The predicted octanol–water partition coefficient (Wildman–Crippen LogP) is 7.63. The van der Waals surface area contributed by atoms with Gasteiger partial charge in [-0.1, -0.05) is 0 Å². The first-order valence-electron chi connectivity index (χ1n) is 20.2. The van der Waals surface area contributed by atoms with Crippen LogP contribution in [0.5, 0.6) is 0 Å². The monoisotopic (exact) mass is 742 g/mol. The standard InChI is InChI=1S/C34H69N10O2P3/c1-33(45)46-49(35-34(2,3)4,44-31-17-18-32-44,36-47(38-19-5-6-20-38,39-21-7-8-22-39)40-23-9-10-24-40)37-48(41-25-11-12-26-41,42-27-13-14-28-42)43-29-15-16-30-43/h35H,5-32H2,1-4H3. The van der Waals surface area contributed by atoms with Crippen molar-refractivity contribution in [1.29, 1.82) is 0 Å². The number of carbonyl (C=O) groups is 1. The average Bonchev–Trinajstić information content (AvgIpc) is 3.91. The molecule has 12 nitrogen and oxygen atoms in total. The van der Waals surface area contributed by atoms with Gasteiger partial charge < -0.3 is 0 Å². The van der Waals surface area contributed by atoms with Gasteiger partial charge in [-0.2, -0.15) is 0 Å². The number of rotatable bonds is 11. The maximum atomic E-state index is 14.2. The van der Waals surface area contributed by atoms with Crippen LogP contribution in [0.2, 0.25) is 0 Å². The van der Waals surface area contributed by atoms with Gasteiger partial charge in [0.05, 0.1) is 0 Å². The van der Waals surface area contributed by atoms with E-state index in [9.17, 15) is 4.79 Å². The first-order chi connectivity index (χ1) is 23.6. The first-order valence-corrected chi connectivity index (χ1v) is 25.4.